The van der Waals surface area contributed by atoms with Gasteiger partial charge in [0.2, 0.25) is 0 Å². The molecule has 1 aromatic carbocycles. The van der Waals surface area contributed by atoms with Crippen LogP contribution in [0.1, 0.15) is 33.5 Å². The third-order valence-corrected chi connectivity index (χ3v) is 3.91. The second kappa shape index (κ2) is 6.72. The number of hydrogen-bond acceptors (Lipinski definition) is 3. The quantitative estimate of drug-likeness (QED) is 0.763. The lowest BCUT2D eigenvalue weighted by Gasteiger charge is -2.19. The number of nitrogens with one attached hydrogen (secondary N) is 2. The molecule has 0 fully saturated rings. The number of pyridine rings is 1. The van der Waals surface area contributed by atoms with Gasteiger partial charge in [-0.1, -0.05) is 18.2 Å². The van der Waals surface area contributed by atoms with Gasteiger partial charge in [0.15, 0.2) is 0 Å². The van der Waals surface area contributed by atoms with Crippen molar-refractivity contribution in [2.75, 3.05) is 0 Å². The Labute approximate surface area is 143 Å². The van der Waals surface area contributed by atoms with Crippen LogP contribution in [0.15, 0.2) is 53.6 Å². The van der Waals surface area contributed by atoms with Crippen LogP contribution in [0.2, 0.25) is 0 Å². The van der Waals surface area contributed by atoms with Gasteiger partial charge in [0.25, 0.3) is 11.5 Å². The fraction of sp³-hybridized carbons (Fsp3) is 0.167. The molecule has 0 aliphatic carbocycles. The van der Waals surface area contributed by atoms with Gasteiger partial charge in [-0.3, -0.25) is 9.59 Å². The van der Waals surface area contributed by atoms with Crippen molar-refractivity contribution < 1.29 is 9.18 Å². The molecule has 2 heterocycles. The van der Waals surface area contributed by atoms with Crippen LogP contribution in [0, 0.1) is 12.7 Å². The highest BCUT2D eigenvalue weighted by Gasteiger charge is 2.24. The number of nitrogens with zero attached hydrogens (tertiary/aromatic N) is 2. The number of carbonyl (C=O) groups is 1. The maximum atomic E-state index is 14.3. The Morgan fingerprint density at radius 3 is 2.68 bits per heavy atom. The lowest BCUT2D eigenvalue weighted by atomic mass is 10.0. The number of carbonyl (C=O) groups excluding carboxylic acids is 1. The minimum absolute atomic E-state index is 0.0406. The van der Waals surface area contributed by atoms with Crippen LogP contribution >= 0.6 is 0 Å². The largest absolute Gasteiger partial charge is 0.338 e. The first-order valence-electron chi connectivity index (χ1n) is 7.70. The Morgan fingerprint density at radius 1 is 1.28 bits per heavy atom. The van der Waals surface area contributed by atoms with Gasteiger partial charge < -0.3 is 14.9 Å². The molecule has 2 N–H and O–H groups in total. The third kappa shape index (κ3) is 3.35. The molecule has 1 amide bonds. The number of amides is 1. The Morgan fingerprint density at radius 2 is 2.04 bits per heavy atom. The topological polar surface area (TPSA) is 79.8 Å². The number of benzene rings is 1. The first-order valence-corrected chi connectivity index (χ1v) is 7.70. The van der Waals surface area contributed by atoms with Gasteiger partial charge in [-0.2, -0.15) is 0 Å². The molecule has 3 rings (SSSR count). The minimum Gasteiger partial charge on any atom is -0.338 e. The van der Waals surface area contributed by atoms with Gasteiger partial charge in [0.05, 0.1) is 0 Å². The normalized spacial score (nSPS) is 12.0. The first kappa shape index (κ1) is 16.6. The minimum atomic E-state index is -0.825. The van der Waals surface area contributed by atoms with Gasteiger partial charge in [0.1, 0.15) is 23.2 Å². The molecule has 0 radical (unpaired) electrons. The van der Waals surface area contributed by atoms with Crippen molar-refractivity contribution in [2.45, 2.75) is 13.0 Å². The summed E-state index contributed by atoms with van der Waals surface area (Å²) in [5, 5.41) is 2.71. The van der Waals surface area contributed by atoms with Gasteiger partial charge in [0, 0.05) is 30.7 Å². The average molecular weight is 340 g/mol. The predicted molar refractivity (Wildman–Crippen MR) is 90.7 cm³/mol. The molecular weight excluding hydrogens is 323 g/mol. The monoisotopic (exact) mass is 340 g/mol. The number of halogens is 1. The highest BCUT2D eigenvalue weighted by molar-refractivity contribution is 5.94. The van der Waals surface area contributed by atoms with Crippen LogP contribution in [0.4, 0.5) is 4.39 Å². The van der Waals surface area contributed by atoms with Crippen molar-refractivity contribution >= 4 is 5.91 Å². The highest BCUT2D eigenvalue weighted by atomic mass is 19.1. The molecule has 3 aromatic rings. The van der Waals surface area contributed by atoms with Crippen LogP contribution in [0.25, 0.3) is 0 Å². The van der Waals surface area contributed by atoms with Crippen molar-refractivity contribution in [3.8, 4) is 0 Å². The highest BCUT2D eigenvalue weighted by Crippen LogP contribution is 2.23. The lowest BCUT2D eigenvalue weighted by molar-refractivity contribution is 0.0939. The second-order valence-corrected chi connectivity index (χ2v) is 5.71. The summed E-state index contributed by atoms with van der Waals surface area (Å²) in [6, 6.07) is 8.40. The molecule has 0 aliphatic rings. The number of hydrogen-bond donors (Lipinski definition) is 2. The Kier molecular flexibility index (Phi) is 4.47. The molecule has 1 unspecified atom stereocenters. The Balaban J connectivity index is 2.01. The molecule has 0 saturated carbocycles. The van der Waals surface area contributed by atoms with Crippen molar-refractivity contribution in [3.05, 3.63) is 87.6 Å². The number of aryl methyl sites for hydroxylation is 2. The molecule has 25 heavy (non-hydrogen) atoms. The fourth-order valence-corrected chi connectivity index (χ4v) is 2.61. The number of imidazole rings is 1. The zero-order chi connectivity index (χ0) is 18.0. The Hall–Kier alpha value is -3.22. The van der Waals surface area contributed by atoms with E-state index in [-0.39, 0.29) is 11.1 Å². The summed E-state index contributed by atoms with van der Waals surface area (Å²) in [5.41, 5.74) is 0.385. The van der Waals surface area contributed by atoms with Crippen LogP contribution in [0.5, 0.6) is 0 Å². The molecule has 7 heteroatoms. The molecule has 128 valence electrons. The standard InChI is InChI=1S/C18H17FN4O2/c1-11-7-8-13(17(24)21-11)18(25)22-15(16-20-9-10-23(16)2)12-5-3-4-6-14(12)19/h3-10,15H,1-2H3,(H,21,24)(H,22,25). The summed E-state index contributed by atoms with van der Waals surface area (Å²) >= 11 is 0. The summed E-state index contributed by atoms with van der Waals surface area (Å²) in [4.78, 5) is 31.4. The average Bonchev–Trinajstić information content (AvgIpc) is 2.99. The van der Waals surface area contributed by atoms with E-state index in [4.69, 9.17) is 0 Å². The van der Waals surface area contributed by atoms with Crippen molar-refractivity contribution in [1.82, 2.24) is 19.9 Å². The van der Waals surface area contributed by atoms with E-state index >= 15 is 0 Å². The summed E-state index contributed by atoms with van der Waals surface area (Å²) in [6.07, 6.45) is 3.27. The van der Waals surface area contributed by atoms with Gasteiger partial charge in [-0.15, -0.1) is 0 Å². The summed E-state index contributed by atoms with van der Waals surface area (Å²) in [7, 11) is 1.75. The molecular formula is C18H17FN4O2. The summed E-state index contributed by atoms with van der Waals surface area (Å²) in [5.74, 6) is -0.604. The number of rotatable bonds is 4. The maximum Gasteiger partial charge on any atom is 0.260 e. The molecule has 2 aromatic heterocycles. The van der Waals surface area contributed by atoms with Crippen LogP contribution < -0.4 is 10.9 Å². The zero-order valence-corrected chi connectivity index (χ0v) is 13.8. The van der Waals surface area contributed by atoms with Gasteiger partial charge in [-0.25, -0.2) is 9.37 Å². The molecule has 0 saturated heterocycles. The van der Waals surface area contributed by atoms with Crippen molar-refractivity contribution in [3.63, 3.8) is 0 Å². The molecule has 0 aliphatic heterocycles. The predicted octanol–water partition coefficient (Wildman–Crippen LogP) is 2.08. The van der Waals surface area contributed by atoms with Crippen LogP contribution in [-0.2, 0) is 7.05 Å². The van der Waals surface area contributed by atoms with Crippen molar-refractivity contribution in [1.29, 1.82) is 0 Å². The van der Waals surface area contributed by atoms with Crippen LogP contribution in [-0.4, -0.2) is 20.4 Å². The third-order valence-electron chi connectivity index (χ3n) is 3.91. The molecule has 0 bridgehead atoms. The summed E-state index contributed by atoms with van der Waals surface area (Å²) < 4.78 is 16.0. The number of H-pyrrole nitrogens is 1. The van der Waals surface area contributed by atoms with Gasteiger partial charge >= 0.3 is 0 Å². The molecule has 1 atom stereocenters. The summed E-state index contributed by atoms with van der Waals surface area (Å²) in [6.45, 7) is 1.72. The van der Waals surface area contributed by atoms with E-state index in [0.717, 1.165) is 0 Å². The fourth-order valence-electron chi connectivity index (χ4n) is 2.61. The SMILES string of the molecule is Cc1ccc(C(=O)NC(c2ccccc2F)c2nccn2C)c(=O)[nH]1. The zero-order valence-electron chi connectivity index (χ0n) is 13.8. The van der Waals surface area contributed by atoms with E-state index in [9.17, 15) is 14.0 Å². The van der Waals surface area contributed by atoms with Crippen molar-refractivity contribution in [2.24, 2.45) is 7.05 Å². The lowest BCUT2D eigenvalue weighted by Crippen LogP contribution is -2.35. The smallest absolute Gasteiger partial charge is 0.260 e. The van der Waals surface area contributed by atoms with Crippen LogP contribution in [0.3, 0.4) is 0 Å². The maximum absolute atomic E-state index is 14.3. The van der Waals surface area contributed by atoms with Gasteiger partial charge in [-0.05, 0) is 25.1 Å². The second-order valence-electron chi connectivity index (χ2n) is 5.71. The van der Waals surface area contributed by atoms with E-state index in [1.807, 2.05) is 0 Å². The molecule has 6 nitrogen and oxygen atoms in total. The van der Waals surface area contributed by atoms with E-state index in [1.54, 1.807) is 55.2 Å². The molecule has 0 spiro atoms. The first-order chi connectivity index (χ1) is 12.0. The van der Waals surface area contributed by atoms with E-state index < -0.39 is 23.3 Å². The Bertz CT molecular complexity index is 977. The van der Waals surface area contributed by atoms with E-state index in [2.05, 4.69) is 15.3 Å². The number of aromatic nitrogens is 3. The van der Waals surface area contributed by atoms with E-state index in [0.29, 0.717) is 11.5 Å². The number of aromatic amines is 1. The van der Waals surface area contributed by atoms with E-state index in [1.165, 1.54) is 12.1 Å².